The van der Waals surface area contributed by atoms with Crippen LogP contribution >= 0.6 is 0 Å². The summed E-state index contributed by atoms with van der Waals surface area (Å²) in [5.74, 6) is 0.830. The molecule has 2 amide bonds. The zero-order valence-corrected chi connectivity index (χ0v) is 15.4. The minimum atomic E-state index is -0.708. The number of anilines is 1. The van der Waals surface area contributed by atoms with Crippen LogP contribution in [0, 0.1) is 5.92 Å². The van der Waals surface area contributed by atoms with Crippen LogP contribution in [0.1, 0.15) is 20.8 Å². The van der Waals surface area contributed by atoms with Gasteiger partial charge in [0.05, 0.1) is 23.9 Å². The Balaban J connectivity index is 1.76. The molecular formula is C19H22N4O4. The zero-order valence-electron chi connectivity index (χ0n) is 15.4. The van der Waals surface area contributed by atoms with Gasteiger partial charge in [-0.1, -0.05) is 13.8 Å². The molecule has 2 heterocycles. The van der Waals surface area contributed by atoms with E-state index in [1.165, 1.54) is 0 Å². The van der Waals surface area contributed by atoms with E-state index in [0.29, 0.717) is 17.3 Å². The van der Waals surface area contributed by atoms with Crippen LogP contribution in [-0.4, -0.2) is 34.6 Å². The number of ether oxygens (including phenoxy) is 1. The fourth-order valence-electron chi connectivity index (χ4n) is 2.67. The molecule has 8 heteroatoms. The minimum Gasteiger partial charge on any atom is -0.461 e. The predicted octanol–water partition coefficient (Wildman–Crippen LogP) is 3.53. The van der Waals surface area contributed by atoms with E-state index in [0.717, 1.165) is 11.0 Å². The Bertz CT molecular complexity index is 930. The van der Waals surface area contributed by atoms with Gasteiger partial charge in [-0.3, -0.25) is 4.79 Å². The molecule has 3 aromatic rings. The van der Waals surface area contributed by atoms with Gasteiger partial charge in [-0.25, -0.2) is 9.78 Å². The minimum absolute atomic E-state index is 0.101. The zero-order chi connectivity index (χ0) is 19.4. The summed E-state index contributed by atoms with van der Waals surface area (Å²) in [6.07, 6.45) is 0.968. The molecule has 1 aromatic carbocycles. The molecule has 27 heavy (non-hydrogen) atoms. The second-order valence-corrected chi connectivity index (χ2v) is 6.37. The van der Waals surface area contributed by atoms with Crippen molar-refractivity contribution in [3.05, 3.63) is 36.6 Å². The highest BCUT2D eigenvalue weighted by atomic mass is 16.5. The molecule has 0 saturated heterocycles. The van der Waals surface area contributed by atoms with Crippen LogP contribution in [0.25, 0.3) is 22.6 Å². The van der Waals surface area contributed by atoms with Crippen LogP contribution in [-0.2, 0) is 9.53 Å². The monoisotopic (exact) mass is 370 g/mol. The van der Waals surface area contributed by atoms with E-state index in [2.05, 4.69) is 20.6 Å². The number of aromatic nitrogens is 2. The van der Waals surface area contributed by atoms with Gasteiger partial charge in [0.2, 0.25) is 5.91 Å². The maximum absolute atomic E-state index is 12.6. The molecule has 1 atom stereocenters. The largest absolute Gasteiger partial charge is 0.461 e. The van der Waals surface area contributed by atoms with Gasteiger partial charge in [-0.2, -0.15) is 0 Å². The molecule has 0 aliphatic carbocycles. The van der Waals surface area contributed by atoms with E-state index in [1.807, 2.05) is 19.9 Å². The number of fused-ring (bicyclic) bond motifs is 1. The van der Waals surface area contributed by atoms with Crippen molar-refractivity contribution in [2.75, 3.05) is 11.9 Å². The molecule has 0 fully saturated rings. The summed E-state index contributed by atoms with van der Waals surface area (Å²) in [4.78, 5) is 31.9. The topological polar surface area (TPSA) is 109 Å². The average Bonchev–Trinajstić information content (AvgIpc) is 3.28. The Morgan fingerprint density at radius 1 is 1.30 bits per heavy atom. The number of H-pyrrole nitrogens is 1. The number of carbonyl (C=O) groups excluding carboxylic acids is 2. The standard InChI is InChI=1S/C19H22N4O4/c1-4-26-19(25)23-16(11(2)3)18(24)20-12-7-8-13-14(10-12)22-17(21-13)15-6-5-9-27-15/h5-11,16H,4H2,1-3H3,(H,20,24)(H,21,22)(H,23,25). The average molecular weight is 370 g/mol. The number of imidazole rings is 1. The number of benzene rings is 1. The summed E-state index contributed by atoms with van der Waals surface area (Å²) in [6.45, 7) is 5.65. The van der Waals surface area contributed by atoms with Crippen LogP contribution in [0.2, 0.25) is 0 Å². The quantitative estimate of drug-likeness (QED) is 0.615. The lowest BCUT2D eigenvalue weighted by molar-refractivity contribution is -0.119. The Labute approximate surface area is 156 Å². The van der Waals surface area contributed by atoms with Crippen LogP contribution in [0.5, 0.6) is 0 Å². The molecule has 3 rings (SSSR count). The first-order valence-electron chi connectivity index (χ1n) is 8.75. The first-order chi connectivity index (χ1) is 13.0. The van der Waals surface area contributed by atoms with E-state index in [4.69, 9.17) is 9.15 Å². The number of hydrogen-bond donors (Lipinski definition) is 3. The van der Waals surface area contributed by atoms with Crippen LogP contribution in [0.15, 0.2) is 41.0 Å². The lowest BCUT2D eigenvalue weighted by Gasteiger charge is -2.21. The fraction of sp³-hybridized carbons (Fsp3) is 0.316. The Hall–Kier alpha value is -3.29. The van der Waals surface area contributed by atoms with Gasteiger partial charge in [0.15, 0.2) is 11.6 Å². The van der Waals surface area contributed by atoms with E-state index in [1.54, 1.807) is 37.5 Å². The van der Waals surface area contributed by atoms with Gasteiger partial charge < -0.3 is 24.8 Å². The summed E-state index contributed by atoms with van der Waals surface area (Å²) in [5, 5.41) is 5.42. The summed E-state index contributed by atoms with van der Waals surface area (Å²) in [6, 6.07) is 8.24. The van der Waals surface area contributed by atoms with Crippen molar-refractivity contribution in [2.24, 2.45) is 5.92 Å². The number of nitrogens with zero attached hydrogens (tertiary/aromatic N) is 1. The Kier molecular flexibility index (Phi) is 5.44. The van der Waals surface area contributed by atoms with Crippen molar-refractivity contribution in [3.8, 4) is 11.6 Å². The molecule has 0 aliphatic rings. The number of amides is 2. The Morgan fingerprint density at radius 2 is 2.11 bits per heavy atom. The van der Waals surface area contributed by atoms with E-state index >= 15 is 0 Å². The third-order valence-corrected chi connectivity index (χ3v) is 4.00. The predicted molar refractivity (Wildman–Crippen MR) is 101 cm³/mol. The summed E-state index contributed by atoms with van der Waals surface area (Å²) in [7, 11) is 0. The van der Waals surface area contributed by atoms with Gasteiger partial charge >= 0.3 is 6.09 Å². The third kappa shape index (κ3) is 4.28. The maximum atomic E-state index is 12.6. The molecule has 0 bridgehead atoms. The number of furan rings is 1. The number of hydrogen-bond acceptors (Lipinski definition) is 5. The molecule has 3 N–H and O–H groups in total. The highest BCUT2D eigenvalue weighted by Crippen LogP contribution is 2.23. The smallest absolute Gasteiger partial charge is 0.407 e. The van der Waals surface area contributed by atoms with Crippen molar-refractivity contribution < 1.29 is 18.7 Å². The number of aromatic amines is 1. The fourth-order valence-corrected chi connectivity index (χ4v) is 2.67. The molecule has 0 radical (unpaired) electrons. The van der Waals surface area contributed by atoms with Crippen LogP contribution < -0.4 is 10.6 Å². The number of rotatable bonds is 6. The molecule has 0 aliphatic heterocycles. The molecule has 1 unspecified atom stereocenters. The van der Waals surface area contributed by atoms with E-state index in [-0.39, 0.29) is 18.4 Å². The Morgan fingerprint density at radius 3 is 2.78 bits per heavy atom. The molecule has 0 spiro atoms. The van der Waals surface area contributed by atoms with Gasteiger partial charge in [-0.15, -0.1) is 0 Å². The molecular weight excluding hydrogens is 348 g/mol. The lowest BCUT2D eigenvalue weighted by Crippen LogP contribution is -2.47. The normalized spacial score (nSPS) is 12.1. The van der Waals surface area contributed by atoms with E-state index in [9.17, 15) is 9.59 Å². The van der Waals surface area contributed by atoms with Crippen molar-refractivity contribution in [3.63, 3.8) is 0 Å². The van der Waals surface area contributed by atoms with Gasteiger partial charge in [0.1, 0.15) is 6.04 Å². The van der Waals surface area contributed by atoms with Gasteiger partial charge in [-0.05, 0) is 43.2 Å². The van der Waals surface area contributed by atoms with Crippen molar-refractivity contribution in [1.82, 2.24) is 15.3 Å². The number of carbonyl (C=O) groups is 2. The molecule has 0 saturated carbocycles. The van der Waals surface area contributed by atoms with Crippen molar-refractivity contribution >= 4 is 28.7 Å². The lowest BCUT2D eigenvalue weighted by atomic mass is 10.0. The van der Waals surface area contributed by atoms with Gasteiger partial charge in [0.25, 0.3) is 0 Å². The van der Waals surface area contributed by atoms with Gasteiger partial charge in [0, 0.05) is 5.69 Å². The third-order valence-electron chi connectivity index (χ3n) is 4.00. The maximum Gasteiger partial charge on any atom is 0.407 e. The summed E-state index contributed by atoms with van der Waals surface area (Å²) >= 11 is 0. The molecule has 8 nitrogen and oxygen atoms in total. The SMILES string of the molecule is CCOC(=O)NC(C(=O)Nc1ccc2nc(-c3ccco3)[nH]c2c1)C(C)C. The highest BCUT2D eigenvalue weighted by Gasteiger charge is 2.25. The molecule has 2 aromatic heterocycles. The first kappa shape index (κ1) is 18.5. The highest BCUT2D eigenvalue weighted by molar-refractivity contribution is 5.98. The second kappa shape index (κ2) is 7.94. The second-order valence-electron chi connectivity index (χ2n) is 6.37. The first-order valence-corrected chi connectivity index (χ1v) is 8.75. The molecule has 142 valence electrons. The van der Waals surface area contributed by atoms with Crippen LogP contribution in [0.3, 0.4) is 0 Å². The van der Waals surface area contributed by atoms with E-state index < -0.39 is 12.1 Å². The van der Waals surface area contributed by atoms with Crippen molar-refractivity contribution in [2.45, 2.75) is 26.8 Å². The summed E-state index contributed by atoms with van der Waals surface area (Å²) < 4.78 is 10.2. The van der Waals surface area contributed by atoms with Crippen molar-refractivity contribution in [1.29, 1.82) is 0 Å². The summed E-state index contributed by atoms with van der Waals surface area (Å²) in [5.41, 5.74) is 2.11. The number of alkyl carbamates (subject to hydrolysis) is 1. The van der Waals surface area contributed by atoms with Crippen LogP contribution in [0.4, 0.5) is 10.5 Å². The number of nitrogens with one attached hydrogen (secondary N) is 3.